The Morgan fingerprint density at radius 3 is 2.00 bits per heavy atom. The van der Waals surface area contributed by atoms with E-state index in [0.717, 1.165) is 5.19 Å². The van der Waals surface area contributed by atoms with Crippen LogP contribution in [0.15, 0.2) is 30.3 Å². The van der Waals surface area contributed by atoms with Gasteiger partial charge < -0.3 is 4.43 Å². The van der Waals surface area contributed by atoms with Crippen molar-refractivity contribution in [3.05, 3.63) is 30.3 Å². The van der Waals surface area contributed by atoms with Gasteiger partial charge in [0, 0.05) is 0 Å². The van der Waals surface area contributed by atoms with Crippen molar-refractivity contribution in [1.29, 1.82) is 0 Å². The first-order valence-corrected chi connectivity index (χ1v) is 9.32. The molecule has 0 aromatic heterocycles. The Labute approximate surface area is 109 Å². The summed E-state index contributed by atoms with van der Waals surface area (Å²) in [5.41, 5.74) is -1.30. The molecule has 4 heteroatoms. The molecule has 0 heterocycles. The van der Waals surface area contributed by atoms with Crippen molar-refractivity contribution in [2.75, 3.05) is 0 Å². The molecule has 0 aliphatic carbocycles. The minimum absolute atomic E-state index is 0.338. The minimum Gasteiger partial charge on any atom is -0.402 e. The smallest absolute Gasteiger partial charge is 0.265 e. The second kappa shape index (κ2) is 5.93. The predicted octanol–water partition coefficient (Wildman–Crippen LogP) is 3.94. The normalized spacial score (nSPS) is 13.1. The highest BCUT2D eigenvalue weighted by Gasteiger charge is 2.43. The fourth-order valence-corrected chi connectivity index (χ4v) is 4.66. The van der Waals surface area contributed by atoms with Crippen LogP contribution in [0.3, 0.4) is 0 Å². The molecule has 0 spiro atoms. The summed E-state index contributed by atoms with van der Waals surface area (Å²) >= 11 is 0. The van der Waals surface area contributed by atoms with E-state index >= 15 is 0 Å². The average Bonchev–Trinajstić information content (AvgIpc) is 2.37. The van der Waals surface area contributed by atoms with E-state index in [-0.39, 0.29) is 0 Å². The van der Waals surface area contributed by atoms with E-state index < -0.39 is 20.3 Å². The summed E-state index contributed by atoms with van der Waals surface area (Å²) in [6, 6.07) is 9.71. The third-order valence-electron chi connectivity index (χ3n) is 3.52. The highest BCUT2D eigenvalue weighted by molar-refractivity contribution is 6.84. The molecule has 0 radical (unpaired) electrons. The number of halogens is 2. The Morgan fingerprint density at radius 1 is 1.11 bits per heavy atom. The minimum atomic E-state index is -2.44. The molecule has 1 rings (SSSR count). The first kappa shape index (κ1) is 15.3. The van der Waals surface area contributed by atoms with Gasteiger partial charge in [-0.15, -0.1) is 0 Å². The van der Waals surface area contributed by atoms with Gasteiger partial charge in [-0.2, -0.15) is 0 Å². The van der Waals surface area contributed by atoms with Gasteiger partial charge in [-0.1, -0.05) is 44.2 Å². The van der Waals surface area contributed by atoms with E-state index in [9.17, 15) is 8.78 Å². The van der Waals surface area contributed by atoms with E-state index in [1.807, 2.05) is 43.4 Å². The van der Waals surface area contributed by atoms with Gasteiger partial charge in [0.25, 0.3) is 6.43 Å². The van der Waals surface area contributed by atoms with Crippen molar-refractivity contribution in [3.63, 3.8) is 0 Å². The van der Waals surface area contributed by atoms with Crippen LogP contribution in [-0.2, 0) is 4.43 Å². The third kappa shape index (κ3) is 3.17. The van der Waals surface area contributed by atoms with E-state index in [0.29, 0.717) is 12.8 Å². The Balaban J connectivity index is 3.00. The number of benzene rings is 1. The van der Waals surface area contributed by atoms with Crippen LogP contribution in [0.5, 0.6) is 0 Å². The van der Waals surface area contributed by atoms with Gasteiger partial charge in [-0.3, -0.25) is 0 Å². The molecule has 0 bridgehead atoms. The molecule has 1 nitrogen and oxygen atoms in total. The zero-order valence-electron chi connectivity index (χ0n) is 11.5. The molecular formula is C14H22F2OSi. The Morgan fingerprint density at radius 2 is 1.61 bits per heavy atom. The van der Waals surface area contributed by atoms with Crippen molar-refractivity contribution in [2.24, 2.45) is 0 Å². The zero-order valence-corrected chi connectivity index (χ0v) is 12.5. The van der Waals surface area contributed by atoms with Crippen molar-refractivity contribution in [3.8, 4) is 0 Å². The fraction of sp³-hybridized carbons (Fsp3) is 0.571. The number of hydrogen-bond acceptors (Lipinski definition) is 1. The van der Waals surface area contributed by atoms with Crippen molar-refractivity contribution in [2.45, 2.75) is 51.8 Å². The number of hydrogen-bond donors (Lipinski definition) is 0. The standard InChI is InChI=1S/C14H22F2OSi/c1-5-14(6-2,13(15)16)17-18(3,4)12-10-8-7-9-11-12/h7-11,13H,5-6H2,1-4H3. The van der Waals surface area contributed by atoms with E-state index in [2.05, 4.69) is 0 Å². The monoisotopic (exact) mass is 272 g/mol. The van der Waals surface area contributed by atoms with Crippen molar-refractivity contribution < 1.29 is 13.2 Å². The van der Waals surface area contributed by atoms with Crippen LogP contribution < -0.4 is 5.19 Å². The van der Waals surface area contributed by atoms with Gasteiger partial charge in [0.05, 0.1) is 0 Å². The van der Waals surface area contributed by atoms with Crippen LogP contribution in [0.25, 0.3) is 0 Å². The molecule has 0 aliphatic rings. The highest BCUT2D eigenvalue weighted by atomic mass is 28.4. The van der Waals surface area contributed by atoms with Gasteiger partial charge >= 0.3 is 0 Å². The van der Waals surface area contributed by atoms with E-state index in [4.69, 9.17) is 4.43 Å². The Bertz CT molecular complexity index is 361. The van der Waals surface area contributed by atoms with Crippen molar-refractivity contribution in [1.82, 2.24) is 0 Å². The lowest BCUT2D eigenvalue weighted by Gasteiger charge is -2.39. The largest absolute Gasteiger partial charge is 0.402 e. The maximum absolute atomic E-state index is 13.3. The first-order valence-electron chi connectivity index (χ1n) is 6.42. The molecule has 18 heavy (non-hydrogen) atoms. The summed E-state index contributed by atoms with van der Waals surface area (Å²) in [5.74, 6) is 0. The van der Waals surface area contributed by atoms with Crippen LogP contribution in [0, 0.1) is 0 Å². The predicted molar refractivity (Wildman–Crippen MR) is 74.0 cm³/mol. The summed E-state index contributed by atoms with van der Waals surface area (Å²) in [5, 5.41) is 1.05. The van der Waals surface area contributed by atoms with Crippen LogP contribution in [0.2, 0.25) is 13.1 Å². The molecule has 0 aliphatic heterocycles. The van der Waals surface area contributed by atoms with Crippen molar-refractivity contribution >= 4 is 13.5 Å². The summed E-state index contributed by atoms with van der Waals surface area (Å²) in [6.45, 7) is 7.49. The SMILES string of the molecule is CCC(CC)(O[Si](C)(C)c1ccccc1)C(F)F. The van der Waals surface area contributed by atoms with Crippen LogP contribution in [-0.4, -0.2) is 20.3 Å². The molecule has 1 aromatic carbocycles. The summed E-state index contributed by atoms with van der Waals surface area (Å²) in [6.07, 6.45) is -1.77. The summed E-state index contributed by atoms with van der Waals surface area (Å²) < 4.78 is 32.6. The van der Waals surface area contributed by atoms with Gasteiger partial charge in [0.15, 0.2) is 0 Å². The number of alkyl halides is 2. The quantitative estimate of drug-likeness (QED) is 0.713. The zero-order chi connectivity index (χ0) is 13.8. The lowest BCUT2D eigenvalue weighted by Crippen LogP contribution is -2.54. The maximum atomic E-state index is 13.3. The third-order valence-corrected chi connectivity index (χ3v) is 6.16. The van der Waals surface area contributed by atoms with E-state index in [1.165, 1.54) is 0 Å². The molecule has 1 aromatic rings. The highest BCUT2D eigenvalue weighted by Crippen LogP contribution is 2.31. The summed E-state index contributed by atoms with van der Waals surface area (Å²) in [7, 11) is -2.30. The summed E-state index contributed by atoms with van der Waals surface area (Å²) in [4.78, 5) is 0. The van der Waals surface area contributed by atoms with Crippen LogP contribution in [0.4, 0.5) is 8.78 Å². The lowest BCUT2D eigenvalue weighted by molar-refractivity contribution is -0.0857. The van der Waals surface area contributed by atoms with Gasteiger partial charge in [-0.25, -0.2) is 8.78 Å². The lowest BCUT2D eigenvalue weighted by atomic mass is 9.99. The Kier molecular flexibility index (Phi) is 5.05. The van der Waals surface area contributed by atoms with Crippen LogP contribution >= 0.6 is 0 Å². The van der Waals surface area contributed by atoms with Crippen LogP contribution in [0.1, 0.15) is 26.7 Å². The second-order valence-corrected chi connectivity index (χ2v) is 8.85. The Hall–Kier alpha value is -0.743. The molecule has 0 amide bonds. The first-order chi connectivity index (χ1) is 8.38. The molecule has 0 fully saturated rings. The maximum Gasteiger partial charge on any atom is 0.265 e. The van der Waals surface area contributed by atoms with Gasteiger partial charge in [-0.05, 0) is 31.1 Å². The molecule has 0 N–H and O–H groups in total. The fourth-order valence-electron chi connectivity index (χ4n) is 2.15. The van der Waals surface area contributed by atoms with Gasteiger partial charge in [0.1, 0.15) is 5.60 Å². The molecular weight excluding hydrogens is 250 g/mol. The number of rotatable bonds is 6. The molecule has 0 saturated heterocycles. The average molecular weight is 272 g/mol. The molecule has 102 valence electrons. The molecule has 0 saturated carbocycles. The van der Waals surface area contributed by atoms with Gasteiger partial charge in [0.2, 0.25) is 8.32 Å². The second-order valence-electron chi connectivity index (χ2n) is 5.05. The molecule has 0 atom stereocenters. The topological polar surface area (TPSA) is 9.23 Å². The van der Waals surface area contributed by atoms with E-state index in [1.54, 1.807) is 13.8 Å². The molecule has 0 unspecified atom stereocenters.